The number of esters is 2. The number of benzene rings is 3. The second-order valence-electron chi connectivity index (χ2n) is 11.7. The zero-order valence-corrected chi connectivity index (χ0v) is 32.3. The Bertz CT molecular complexity index is 1460. The third-order valence-electron chi connectivity index (χ3n) is 7.98. The molecule has 0 bridgehead atoms. The van der Waals surface area contributed by atoms with Crippen molar-refractivity contribution >= 4 is 74.4 Å². The van der Waals surface area contributed by atoms with E-state index in [0.29, 0.717) is 6.54 Å². The van der Waals surface area contributed by atoms with Gasteiger partial charge in [0.2, 0.25) is 17.7 Å². The van der Waals surface area contributed by atoms with Crippen LogP contribution in [0, 0.1) is 0 Å². The molecule has 3 aromatic carbocycles. The second kappa shape index (κ2) is 23.6. The zero-order chi connectivity index (χ0) is 37.6. The fourth-order valence-electron chi connectivity index (χ4n) is 5.44. The van der Waals surface area contributed by atoms with E-state index >= 15 is 0 Å². The summed E-state index contributed by atoms with van der Waals surface area (Å²) in [6, 6.07) is 30.1. The van der Waals surface area contributed by atoms with Gasteiger partial charge in [0.1, 0.15) is 41.8 Å². The van der Waals surface area contributed by atoms with Crippen LogP contribution < -0.4 is 37.6 Å². The van der Waals surface area contributed by atoms with Crippen molar-refractivity contribution in [2.45, 2.75) is 51.6 Å². The molecular formula is C38H50N4O7PS2+. The summed E-state index contributed by atoms with van der Waals surface area (Å²) in [4.78, 5) is 61.8. The molecule has 280 valence electrons. The normalized spacial score (nSPS) is 12.2. The minimum Gasteiger partial charge on any atom is -0.465 e. The lowest BCUT2D eigenvalue weighted by Crippen LogP contribution is -2.49. The van der Waals surface area contributed by atoms with Gasteiger partial charge in [0, 0.05) is 18.7 Å². The third-order valence-corrected chi connectivity index (χ3v) is 14.8. The first-order valence-electron chi connectivity index (χ1n) is 17.4. The molecule has 0 heterocycles. The van der Waals surface area contributed by atoms with Crippen LogP contribution in [0.5, 0.6) is 0 Å². The number of ether oxygens (including phenoxy) is 2. The molecule has 11 nitrogen and oxygen atoms in total. The number of unbranched alkanes of at least 4 members (excludes halogenated alkanes) is 1. The van der Waals surface area contributed by atoms with Crippen LogP contribution in [-0.4, -0.2) is 85.7 Å². The fourth-order valence-corrected chi connectivity index (χ4v) is 11.9. The van der Waals surface area contributed by atoms with Gasteiger partial charge in [-0.05, 0) is 69.5 Å². The summed E-state index contributed by atoms with van der Waals surface area (Å²) in [5.41, 5.74) is 5.79. The van der Waals surface area contributed by atoms with Gasteiger partial charge in [-0.3, -0.25) is 24.0 Å². The van der Waals surface area contributed by atoms with Crippen LogP contribution in [0.15, 0.2) is 91.0 Å². The van der Waals surface area contributed by atoms with Gasteiger partial charge >= 0.3 is 11.9 Å². The van der Waals surface area contributed by atoms with Crippen LogP contribution in [0.3, 0.4) is 0 Å². The van der Waals surface area contributed by atoms with E-state index in [1.165, 1.54) is 37.5 Å². The highest BCUT2D eigenvalue weighted by Gasteiger charge is 2.44. The van der Waals surface area contributed by atoms with Crippen LogP contribution in [-0.2, 0) is 33.4 Å². The Balaban J connectivity index is 1.50. The molecule has 0 aliphatic rings. The second-order valence-corrected chi connectivity index (χ2v) is 17.8. The highest BCUT2D eigenvalue weighted by Crippen LogP contribution is 2.55. The molecule has 0 aliphatic carbocycles. The van der Waals surface area contributed by atoms with Crippen LogP contribution in [0.1, 0.15) is 39.5 Å². The summed E-state index contributed by atoms with van der Waals surface area (Å²) >= 11 is 0. The van der Waals surface area contributed by atoms with Gasteiger partial charge in [-0.15, -0.1) is 0 Å². The first-order valence-corrected chi connectivity index (χ1v) is 21.9. The molecule has 2 atom stereocenters. The van der Waals surface area contributed by atoms with Crippen LogP contribution in [0.4, 0.5) is 0 Å². The van der Waals surface area contributed by atoms with Crippen LogP contribution in [0.25, 0.3) is 0 Å². The molecule has 0 saturated carbocycles. The first kappa shape index (κ1) is 42.5. The number of rotatable bonds is 23. The number of nitrogens with one attached hydrogen (secondary N) is 3. The Hall–Kier alpha value is -3.90. The molecule has 52 heavy (non-hydrogen) atoms. The zero-order valence-electron chi connectivity index (χ0n) is 29.8. The average Bonchev–Trinajstić information content (AvgIpc) is 3.16. The Morgan fingerprint density at radius 1 is 0.731 bits per heavy atom. The smallest absolute Gasteiger partial charge is 0.325 e. The minimum absolute atomic E-state index is 0.0391. The molecule has 14 heteroatoms. The topological polar surface area (TPSA) is 166 Å². The minimum atomic E-state index is -1.93. The average molecular weight is 770 g/mol. The lowest BCUT2D eigenvalue weighted by molar-refractivity contribution is -0.145. The van der Waals surface area contributed by atoms with E-state index in [1.807, 2.05) is 18.2 Å². The lowest BCUT2D eigenvalue weighted by Gasteiger charge is -2.27. The van der Waals surface area contributed by atoms with E-state index in [4.69, 9.17) is 15.2 Å². The predicted molar refractivity (Wildman–Crippen MR) is 213 cm³/mol. The maximum absolute atomic E-state index is 12.9. The number of amides is 3. The summed E-state index contributed by atoms with van der Waals surface area (Å²) in [7, 11) is 0.577. The molecule has 0 aliphatic heterocycles. The van der Waals surface area contributed by atoms with Crippen molar-refractivity contribution in [3.05, 3.63) is 91.0 Å². The molecule has 3 aromatic rings. The number of hydrogen-bond donors (Lipinski definition) is 4. The molecule has 0 spiro atoms. The molecule has 0 saturated heterocycles. The molecule has 0 aromatic heterocycles. The predicted octanol–water partition coefficient (Wildman–Crippen LogP) is 3.09. The monoisotopic (exact) mass is 769 g/mol. The molecule has 2 unspecified atom stereocenters. The van der Waals surface area contributed by atoms with E-state index in [-0.39, 0.29) is 50.0 Å². The molecular weight excluding hydrogens is 720 g/mol. The highest BCUT2D eigenvalue weighted by molar-refractivity contribution is 8.76. The van der Waals surface area contributed by atoms with E-state index < -0.39 is 43.1 Å². The van der Waals surface area contributed by atoms with Gasteiger partial charge in [0.05, 0.1) is 25.1 Å². The van der Waals surface area contributed by atoms with Crippen molar-refractivity contribution in [1.82, 2.24) is 16.0 Å². The summed E-state index contributed by atoms with van der Waals surface area (Å²) in [5.74, 6) is -2.12. The molecule has 0 radical (unpaired) electrons. The van der Waals surface area contributed by atoms with Gasteiger partial charge in [-0.1, -0.05) is 76.2 Å². The van der Waals surface area contributed by atoms with Gasteiger partial charge in [0.15, 0.2) is 0 Å². The summed E-state index contributed by atoms with van der Waals surface area (Å²) in [6.07, 6.45) is 2.63. The molecule has 3 amide bonds. The Labute approximate surface area is 315 Å². The van der Waals surface area contributed by atoms with Gasteiger partial charge < -0.3 is 31.2 Å². The van der Waals surface area contributed by atoms with Crippen molar-refractivity contribution in [2.24, 2.45) is 5.73 Å². The van der Waals surface area contributed by atoms with Gasteiger partial charge in [-0.2, -0.15) is 0 Å². The van der Waals surface area contributed by atoms with Crippen molar-refractivity contribution in [3.8, 4) is 0 Å². The summed E-state index contributed by atoms with van der Waals surface area (Å²) in [5, 5.41) is 12.1. The van der Waals surface area contributed by atoms with E-state index in [1.54, 1.807) is 13.8 Å². The number of carbonyl (C=O) groups is 5. The molecule has 0 fully saturated rings. The summed E-state index contributed by atoms with van der Waals surface area (Å²) in [6.45, 7) is 3.84. The van der Waals surface area contributed by atoms with Crippen molar-refractivity contribution in [2.75, 3.05) is 44.0 Å². The first-order chi connectivity index (χ1) is 25.2. The largest absolute Gasteiger partial charge is 0.465 e. The Morgan fingerprint density at radius 2 is 1.29 bits per heavy atom. The quantitative estimate of drug-likeness (QED) is 0.0488. The Kier molecular flexibility index (Phi) is 19.3. The fraction of sp³-hybridized carbons (Fsp3) is 0.395. The van der Waals surface area contributed by atoms with Crippen molar-refractivity contribution in [1.29, 1.82) is 0 Å². The SMILES string of the molecule is CCOC(=O)CNC(=O)C(CSSCC(=O)NCCCC[P+](c1ccccc1)(c1ccccc1)c1ccccc1)NC(=O)CCC(N)C(=O)OCC. The third kappa shape index (κ3) is 13.9. The van der Waals surface area contributed by atoms with Crippen LogP contribution >= 0.6 is 28.9 Å². The van der Waals surface area contributed by atoms with Crippen molar-refractivity contribution < 1.29 is 33.4 Å². The van der Waals surface area contributed by atoms with E-state index in [9.17, 15) is 24.0 Å². The van der Waals surface area contributed by atoms with E-state index in [0.717, 1.165) is 19.0 Å². The van der Waals surface area contributed by atoms with Crippen molar-refractivity contribution in [3.63, 3.8) is 0 Å². The number of hydrogen-bond acceptors (Lipinski definition) is 10. The van der Waals surface area contributed by atoms with Gasteiger partial charge in [-0.25, -0.2) is 0 Å². The standard InChI is InChI=1S/C38H49N4O7PS2/c1-3-48-36(45)26-41-37(46)33(42-34(43)23-22-32(39)38(47)49-4-2)27-51-52-28-35(44)40-24-14-15-25-50(29-16-8-5-9-17-29,30-18-10-6-11-19-30)31-20-12-7-13-21-31/h5-13,16-21,32-33H,3-4,14-15,22-28,39H2,1-2H3,(H2-,40,41,42,43,44,46)/p+1. The van der Waals surface area contributed by atoms with E-state index in [2.05, 4.69) is 88.7 Å². The molecule has 5 N–H and O–H groups in total. The Morgan fingerprint density at radius 3 is 1.83 bits per heavy atom. The van der Waals surface area contributed by atoms with Gasteiger partial charge in [0.25, 0.3) is 0 Å². The number of nitrogens with two attached hydrogens (primary N) is 1. The van der Waals surface area contributed by atoms with Crippen LogP contribution in [0.2, 0.25) is 0 Å². The highest BCUT2D eigenvalue weighted by atomic mass is 33.1. The maximum atomic E-state index is 12.9. The molecule has 3 rings (SSSR count). The number of carbonyl (C=O) groups excluding carboxylic acids is 5. The lowest BCUT2D eigenvalue weighted by atomic mass is 10.1. The summed E-state index contributed by atoms with van der Waals surface area (Å²) < 4.78 is 9.73. The maximum Gasteiger partial charge on any atom is 0.325 e.